The Labute approximate surface area is 890 Å². The van der Waals surface area contributed by atoms with Crippen LogP contribution in [0.2, 0.25) is 0 Å². The zero-order chi connectivity index (χ0) is 108. The van der Waals surface area contributed by atoms with Gasteiger partial charge in [-0.3, -0.25) is 0 Å². The summed E-state index contributed by atoms with van der Waals surface area (Å²) < 4.78 is 0. The van der Waals surface area contributed by atoms with Crippen LogP contribution in [0.5, 0.6) is 0 Å². The largest absolute Gasteiger partial charge is 0.198 e. The zero-order valence-electron chi connectivity index (χ0n) is 92.4. The maximum absolute atomic E-state index is 8.59. The molecule has 0 aliphatic rings. The van der Waals surface area contributed by atoms with E-state index in [-0.39, 0.29) is 87.1 Å². The van der Waals surface area contributed by atoms with Crippen molar-refractivity contribution in [1.82, 2.24) is 0 Å². The quantitative estimate of drug-likeness (QED) is 0.0432. The van der Waals surface area contributed by atoms with Crippen LogP contribution in [0.1, 0.15) is 373 Å². The van der Waals surface area contributed by atoms with Gasteiger partial charge in [0.15, 0.2) is 0 Å². The molecule has 1 aromatic carbocycles. The van der Waals surface area contributed by atoms with Crippen LogP contribution in [-0.4, -0.2) is 197 Å². The van der Waals surface area contributed by atoms with Crippen LogP contribution < -0.4 is 5.30 Å². The molecule has 0 radical (unpaired) electrons. The van der Waals surface area contributed by atoms with Crippen molar-refractivity contribution in [3.8, 4) is 109 Å². The highest BCUT2D eigenvalue weighted by Crippen LogP contribution is 2.45. The molecule has 0 fully saturated rings. The monoisotopic (exact) mass is 2150 g/mol. The van der Waals surface area contributed by atoms with E-state index in [1.54, 1.807) is 0 Å². The van der Waals surface area contributed by atoms with E-state index in [0.717, 1.165) is 119 Å². The lowest BCUT2D eigenvalue weighted by Gasteiger charge is -2.15. The molecule has 0 aliphatic heterocycles. The van der Waals surface area contributed by atoms with E-state index >= 15 is 0 Å². The normalized spacial score (nSPS) is 10.9. The highest BCUT2D eigenvalue weighted by Gasteiger charge is 2.15. The summed E-state index contributed by atoms with van der Waals surface area (Å²) >= 11 is 0. The highest BCUT2D eigenvalue weighted by atomic mass is 31.1. The maximum Gasteiger partial charge on any atom is 0.0668 e. The van der Waals surface area contributed by atoms with Gasteiger partial charge in [-0.2, -0.15) is 94.7 Å². The number of benzene rings is 1. The van der Waals surface area contributed by atoms with Gasteiger partial charge in [-0.05, 0) is 273 Å². The summed E-state index contributed by atoms with van der Waals surface area (Å²) in [6.45, 7) is 31.0. The van der Waals surface area contributed by atoms with E-state index in [0.29, 0.717) is 96.1 Å². The van der Waals surface area contributed by atoms with E-state index in [1.165, 1.54) is 264 Å². The number of nitrogens with zero attached hydrogens (tertiary/aromatic N) is 18. The number of rotatable bonds is 76. The molecule has 0 aromatic heterocycles. The average molecular weight is 2150 g/mol. The van der Waals surface area contributed by atoms with Crippen molar-refractivity contribution in [2.24, 2.45) is 0 Å². The van der Waals surface area contributed by atoms with Gasteiger partial charge in [-0.1, -0.05) is 233 Å². The zero-order valence-corrected chi connectivity index (χ0v) is 102. The van der Waals surface area contributed by atoms with Gasteiger partial charge in [0.05, 0.1) is 115 Å². The number of hydrogen-bond donors (Lipinski definition) is 0. The molecule has 29 heteroatoms. The van der Waals surface area contributed by atoms with E-state index < -0.39 is 0 Å². The van der Waals surface area contributed by atoms with E-state index in [2.05, 4.69) is 230 Å². The summed E-state index contributed by atoms with van der Waals surface area (Å²) in [6, 6.07) is 50.2. The van der Waals surface area contributed by atoms with Crippen molar-refractivity contribution in [1.29, 1.82) is 94.7 Å². The fourth-order valence-corrected chi connectivity index (χ4v) is 37.6. The smallest absolute Gasteiger partial charge is 0.0668 e. The molecule has 0 N–H and O–H groups in total. The second-order valence-electron chi connectivity index (χ2n) is 33.9. The predicted molar refractivity (Wildman–Crippen MR) is 637 cm³/mol. The van der Waals surface area contributed by atoms with Gasteiger partial charge in [-0.15, -0.1) is 71.3 Å². The minimum absolute atomic E-state index is 0.0175. The van der Waals surface area contributed by atoms with Gasteiger partial charge < -0.3 is 0 Å². The lowest BCUT2D eigenvalue weighted by atomic mass is 10.2. The minimum atomic E-state index is -0.156. The number of unbranched alkanes of at least 4 members (excludes halogenated alkanes) is 15. The molecule has 0 aliphatic carbocycles. The van der Waals surface area contributed by atoms with Crippen LogP contribution in [0.4, 0.5) is 0 Å². The van der Waals surface area contributed by atoms with Crippen molar-refractivity contribution >= 4 is 92.4 Å². The van der Waals surface area contributed by atoms with Crippen LogP contribution in [0.15, 0.2) is 30.3 Å². The van der Waals surface area contributed by atoms with Crippen molar-refractivity contribution < 1.29 is 0 Å². The van der Waals surface area contributed by atoms with Crippen LogP contribution in [0.25, 0.3) is 0 Å². The third-order valence-electron chi connectivity index (χ3n) is 21.7. The van der Waals surface area contributed by atoms with Crippen molar-refractivity contribution in [2.75, 3.05) is 197 Å². The molecule has 0 amide bonds. The fraction of sp³-hybridized carbons (Fsp3) is 0.788. The van der Waals surface area contributed by atoms with E-state index in [1.807, 2.05) is 6.07 Å². The van der Waals surface area contributed by atoms with Gasteiger partial charge in [-0.25, -0.2) is 0 Å². The summed E-state index contributed by atoms with van der Waals surface area (Å²) in [4.78, 5) is 0. The molecule has 142 heavy (non-hydrogen) atoms. The van der Waals surface area contributed by atoms with Crippen LogP contribution in [0, 0.1) is 204 Å². The first-order valence-electron chi connectivity index (χ1n) is 54.0. The second-order valence-corrected chi connectivity index (χ2v) is 63.6. The molecule has 794 valence electrons. The van der Waals surface area contributed by atoms with Crippen LogP contribution >= 0.6 is 87.1 Å². The molecular formula is C113H197N18P11. The number of nitriles is 18. The Kier molecular flexibility index (Phi) is 164. The third-order valence-corrected chi connectivity index (χ3v) is 51.6. The summed E-state index contributed by atoms with van der Waals surface area (Å²) in [5.41, 5.74) is 0. The van der Waals surface area contributed by atoms with Crippen molar-refractivity contribution in [2.45, 2.75) is 373 Å². The lowest BCUT2D eigenvalue weighted by Crippen LogP contribution is -2.05. The Morgan fingerprint density at radius 2 is 0.331 bits per heavy atom. The number of hydrogen-bond acceptors (Lipinski definition) is 18. The van der Waals surface area contributed by atoms with Gasteiger partial charge in [0.25, 0.3) is 0 Å². The summed E-state index contributed by atoms with van der Waals surface area (Å²) in [5.74, 6) is 0. The van der Waals surface area contributed by atoms with E-state index in [9.17, 15) is 0 Å². The van der Waals surface area contributed by atoms with Gasteiger partial charge in [0.2, 0.25) is 0 Å². The Hall–Kier alpha value is -5.23. The second kappa shape index (κ2) is 149. The SMILES string of the molecule is CCCCCCP(CCC#N)CCC#N.CCCCCP(CCC#N)CCC#N.CCCCP(CC#N)CCC#N.CCCCP(CC)CCC#N.CCCCP(CC)CCCC#N.CCCCP(CCC#N)CCC#N.CCCCP(CCC#N)CCCC#N.CCCCP(CCCC#N)CCCC#N.CCCP(CC)CCC#N.CCCP(CCC#N)CCC#N.CCCP(CCC#N)c1ccccc1. The molecule has 6 unspecified atom stereocenters. The summed E-state index contributed by atoms with van der Waals surface area (Å²) in [6.07, 6.45) is 81.5. The summed E-state index contributed by atoms with van der Waals surface area (Å²) in [5, 5.41) is 154. The molecule has 0 spiro atoms. The Balaban J connectivity index is -0.000000169. The first-order valence-corrected chi connectivity index (χ1v) is 74.7. The third kappa shape index (κ3) is 139. The molecule has 0 saturated heterocycles. The molecule has 0 saturated carbocycles. The average Bonchev–Trinajstić information content (AvgIpc) is 0.899. The van der Waals surface area contributed by atoms with Crippen molar-refractivity contribution in [3.63, 3.8) is 0 Å². The first kappa shape index (κ1) is 157. The molecule has 6 atom stereocenters. The topological polar surface area (TPSA) is 428 Å². The molecular weight excluding hydrogens is 1950 g/mol. The Morgan fingerprint density at radius 1 is 0.148 bits per heavy atom. The van der Waals surface area contributed by atoms with Gasteiger partial charge >= 0.3 is 0 Å². The molecule has 18 nitrogen and oxygen atoms in total. The first-order chi connectivity index (χ1) is 69.3. The molecule has 0 bridgehead atoms. The highest BCUT2D eigenvalue weighted by molar-refractivity contribution is 7.65. The van der Waals surface area contributed by atoms with E-state index in [4.69, 9.17) is 94.7 Å². The molecule has 1 rings (SSSR count). The Morgan fingerprint density at radius 3 is 0.592 bits per heavy atom. The fourth-order valence-electron chi connectivity index (χ4n) is 13.4. The van der Waals surface area contributed by atoms with Crippen LogP contribution in [0.3, 0.4) is 0 Å². The van der Waals surface area contributed by atoms with Crippen molar-refractivity contribution in [3.05, 3.63) is 30.3 Å². The standard InChI is InChI=1S/2C12H21N2P.C12H16NP.2C11H19N2P.C10H17N2P.C10H20NP.2C9H15N2P.C9H18NP.C8H16NP/c1-2-3-10-15(11-6-4-8-13)12-7-5-9-14;1-2-3-4-5-10-15(11-6-8-13)12-7-9-14;1-2-10-14(11-6-9-13)12-7-4-3-5-8-12;1-2-3-9-14(11-6-8-13)10-5-4-7-12;1-2-3-4-9-14(10-5-7-12)11-6-8-13;1-2-3-8-13(9-4-6-11)10-5-7-12;1-3-5-9-12(4-2)10-7-6-8-11;1-2-7-12(8-3-5-10)9-4-6-11;1-2-3-7-12(9-6-11)8-4-5-10;1-3-5-8-11(4-2)9-6-7-10;1-3-7-10(4-2)8-5-6-9/h2*2-7,10-12H2,1H3;3-5,7-8H,2,6,10-11H2,1H3;2*2-6,9-11H2,1H3;2-5,8-10H2,1H3;3-7,9-10H2,1-2H3;2*2-4,7-9H2,1H3;3-6,8-9H2,1-2H3;3-5,7-8H2,1-2H3. The molecule has 0 heterocycles. The van der Waals surface area contributed by atoms with Gasteiger partial charge in [0, 0.05) is 109 Å². The lowest BCUT2D eigenvalue weighted by molar-refractivity contribution is 0.704. The predicted octanol–water partition coefficient (Wildman–Crippen LogP) is 36.0. The minimum Gasteiger partial charge on any atom is -0.198 e. The van der Waals surface area contributed by atoms with Gasteiger partial charge in [0.1, 0.15) is 0 Å². The maximum atomic E-state index is 8.59. The van der Waals surface area contributed by atoms with Crippen LogP contribution in [-0.2, 0) is 0 Å². The Bertz CT molecular complexity index is 3540. The molecule has 1 aromatic rings. The summed E-state index contributed by atoms with van der Waals surface area (Å²) in [7, 11) is 0.499.